The third-order valence-corrected chi connectivity index (χ3v) is 5.34. The lowest BCUT2D eigenvalue weighted by molar-refractivity contribution is 0.0955. The Bertz CT molecular complexity index is 891. The Morgan fingerprint density at radius 1 is 1.17 bits per heavy atom. The van der Waals surface area contributed by atoms with Crippen molar-refractivity contribution in [3.05, 3.63) is 57.9 Å². The van der Waals surface area contributed by atoms with Gasteiger partial charge in [-0.05, 0) is 24.3 Å². The van der Waals surface area contributed by atoms with Crippen LogP contribution >= 0.6 is 22.9 Å². The highest BCUT2D eigenvalue weighted by Gasteiger charge is 2.17. The van der Waals surface area contributed by atoms with Crippen molar-refractivity contribution in [1.29, 1.82) is 0 Å². The highest BCUT2D eigenvalue weighted by molar-refractivity contribution is 7.21. The van der Waals surface area contributed by atoms with Crippen molar-refractivity contribution in [2.45, 2.75) is 6.54 Å². The van der Waals surface area contributed by atoms with E-state index < -0.39 is 0 Å². The van der Waals surface area contributed by atoms with Crippen LogP contribution in [0.1, 0.15) is 15.2 Å². The molecule has 0 unspecified atom stereocenters. The second-order valence-corrected chi connectivity index (χ2v) is 6.53. The minimum Gasteiger partial charge on any atom is -0.497 e. The first-order valence-corrected chi connectivity index (χ1v) is 8.49. The Labute approximate surface area is 149 Å². The molecule has 1 N–H and O–H groups in total. The number of ether oxygens (including phenoxy) is 2. The number of hydrogen-bond donors (Lipinski definition) is 1. The zero-order valence-corrected chi connectivity index (χ0v) is 14.8. The SMILES string of the molecule is COc1ccc(OC)c(CNC(=O)c2sc3ccccc3c2Cl)c1. The van der Waals surface area contributed by atoms with E-state index in [1.807, 2.05) is 42.5 Å². The van der Waals surface area contributed by atoms with Gasteiger partial charge in [-0.2, -0.15) is 0 Å². The molecule has 0 atom stereocenters. The topological polar surface area (TPSA) is 47.6 Å². The van der Waals surface area contributed by atoms with E-state index >= 15 is 0 Å². The largest absolute Gasteiger partial charge is 0.497 e. The van der Waals surface area contributed by atoms with Crippen molar-refractivity contribution in [3.8, 4) is 11.5 Å². The van der Waals surface area contributed by atoms with Gasteiger partial charge in [0.2, 0.25) is 0 Å². The third kappa shape index (κ3) is 3.18. The predicted octanol–water partition coefficient (Wildman–Crippen LogP) is 4.50. The molecule has 0 saturated heterocycles. The van der Waals surface area contributed by atoms with E-state index in [9.17, 15) is 4.79 Å². The molecule has 4 nitrogen and oxygen atoms in total. The Hall–Kier alpha value is -2.24. The number of carbonyl (C=O) groups is 1. The summed E-state index contributed by atoms with van der Waals surface area (Å²) in [5.74, 6) is 1.20. The molecule has 3 aromatic rings. The molecule has 0 spiro atoms. The van der Waals surface area contributed by atoms with Gasteiger partial charge in [0.25, 0.3) is 5.91 Å². The van der Waals surface area contributed by atoms with Crippen LogP contribution in [0, 0.1) is 0 Å². The number of carbonyl (C=O) groups excluding carboxylic acids is 1. The van der Waals surface area contributed by atoms with Gasteiger partial charge in [-0.3, -0.25) is 4.79 Å². The Morgan fingerprint density at radius 3 is 2.67 bits per heavy atom. The average Bonchev–Trinajstić information content (AvgIpc) is 2.96. The predicted molar refractivity (Wildman–Crippen MR) is 97.6 cm³/mol. The van der Waals surface area contributed by atoms with Crippen molar-refractivity contribution in [3.63, 3.8) is 0 Å². The molecule has 1 amide bonds. The van der Waals surface area contributed by atoms with Crippen LogP contribution in [0.15, 0.2) is 42.5 Å². The highest BCUT2D eigenvalue weighted by Crippen LogP contribution is 2.35. The van der Waals surface area contributed by atoms with Crippen LogP contribution in [0.5, 0.6) is 11.5 Å². The average molecular weight is 362 g/mol. The van der Waals surface area contributed by atoms with E-state index in [0.29, 0.717) is 27.9 Å². The molecule has 3 rings (SSSR count). The van der Waals surface area contributed by atoms with Crippen molar-refractivity contribution >= 4 is 38.9 Å². The molecule has 6 heteroatoms. The number of hydrogen-bond acceptors (Lipinski definition) is 4. The van der Waals surface area contributed by atoms with E-state index in [2.05, 4.69) is 5.32 Å². The first-order valence-electron chi connectivity index (χ1n) is 7.30. The van der Waals surface area contributed by atoms with E-state index in [1.165, 1.54) is 11.3 Å². The van der Waals surface area contributed by atoms with Crippen molar-refractivity contribution < 1.29 is 14.3 Å². The monoisotopic (exact) mass is 361 g/mol. The van der Waals surface area contributed by atoms with Crippen LogP contribution in [0.25, 0.3) is 10.1 Å². The summed E-state index contributed by atoms with van der Waals surface area (Å²) in [5.41, 5.74) is 0.836. The first-order chi connectivity index (χ1) is 11.6. The lowest BCUT2D eigenvalue weighted by atomic mass is 10.2. The minimum atomic E-state index is -0.203. The summed E-state index contributed by atoms with van der Waals surface area (Å²) >= 11 is 7.73. The maximum Gasteiger partial charge on any atom is 0.263 e. The molecule has 24 heavy (non-hydrogen) atoms. The van der Waals surface area contributed by atoms with Crippen LogP contribution in [-0.4, -0.2) is 20.1 Å². The molecule has 0 bridgehead atoms. The summed E-state index contributed by atoms with van der Waals surface area (Å²) in [6, 6.07) is 13.2. The number of thiophene rings is 1. The van der Waals surface area contributed by atoms with Crippen LogP contribution < -0.4 is 14.8 Å². The molecular formula is C18H16ClNO3S. The number of methoxy groups -OCH3 is 2. The Balaban J connectivity index is 1.81. The van der Waals surface area contributed by atoms with Gasteiger partial charge in [0.1, 0.15) is 16.4 Å². The van der Waals surface area contributed by atoms with Gasteiger partial charge in [0.15, 0.2) is 0 Å². The van der Waals surface area contributed by atoms with Crippen molar-refractivity contribution in [2.24, 2.45) is 0 Å². The summed E-state index contributed by atoms with van der Waals surface area (Å²) in [7, 11) is 3.19. The quantitative estimate of drug-likeness (QED) is 0.727. The molecule has 0 aliphatic carbocycles. The van der Waals surface area contributed by atoms with E-state index in [4.69, 9.17) is 21.1 Å². The fourth-order valence-electron chi connectivity index (χ4n) is 2.44. The second-order valence-electron chi connectivity index (χ2n) is 5.10. The Kier molecular flexibility index (Phi) is 4.92. The van der Waals surface area contributed by atoms with Crippen LogP contribution in [-0.2, 0) is 6.54 Å². The van der Waals surface area contributed by atoms with Crippen molar-refractivity contribution in [1.82, 2.24) is 5.32 Å². The van der Waals surface area contributed by atoms with Gasteiger partial charge in [0, 0.05) is 22.2 Å². The van der Waals surface area contributed by atoms with Gasteiger partial charge in [0.05, 0.1) is 19.2 Å². The number of halogens is 1. The van der Waals surface area contributed by atoms with Gasteiger partial charge < -0.3 is 14.8 Å². The fourth-order valence-corrected chi connectivity index (χ4v) is 3.87. The molecule has 1 heterocycles. The highest BCUT2D eigenvalue weighted by atomic mass is 35.5. The molecule has 1 aromatic heterocycles. The maximum atomic E-state index is 12.5. The summed E-state index contributed by atoms with van der Waals surface area (Å²) in [6.45, 7) is 0.323. The lowest BCUT2D eigenvalue weighted by Gasteiger charge is -2.11. The number of fused-ring (bicyclic) bond motifs is 1. The molecular weight excluding hydrogens is 346 g/mol. The summed E-state index contributed by atoms with van der Waals surface area (Å²) in [5, 5.41) is 4.28. The van der Waals surface area contributed by atoms with Gasteiger partial charge in [-0.15, -0.1) is 11.3 Å². The van der Waals surface area contributed by atoms with Gasteiger partial charge >= 0.3 is 0 Å². The molecule has 2 aromatic carbocycles. The van der Waals surface area contributed by atoms with E-state index in [0.717, 1.165) is 15.6 Å². The lowest BCUT2D eigenvalue weighted by Crippen LogP contribution is -2.22. The van der Waals surface area contributed by atoms with Gasteiger partial charge in [-0.1, -0.05) is 29.8 Å². The van der Waals surface area contributed by atoms with Crippen LogP contribution in [0.4, 0.5) is 0 Å². The second kappa shape index (κ2) is 7.11. The van der Waals surface area contributed by atoms with Crippen molar-refractivity contribution in [2.75, 3.05) is 14.2 Å². The summed E-state index contributed by atoms with van der Waals surface area (Å²) in [6.07, 6.45) is 0. The van der Waals surface area contributed by atoms with Gasteiger partial charge in [-0.25, -0.2) is 0 Å². The number of nitrogens with one attached hydrogen (secondary N) is 1. The Morgan fingerprint density at radius 2 is 1.96 bits per heavy atom. The number of amides is 1. The molecule has 0 aliphatic heterocycles. The molecule has 124 valence electrons. The smallest absolute Gasteiger partial charge is 0.263 e. The normalized spacial score (nSPS) is 10.6. The molecule has 0 saturated carbocycles. The zero-order chi connectivity index (χ0) is 17.1. The molecule has 0 aliphatic rings. The van der Waals surface area contributed by atoms with E-state index in [1.54, 1.807) is 14.2 Å². The minimum absolute atomic E-state index is 0.203. The third-order valence-electron chi connectivity index (χ3n) is 3.67. The zero-order valence-electron chi connectivity index (χ0n) is 13.3. The first kappa shape index (κ1) is 16.6. The summed E-state index contributed by atoms with van der Waals surface area (Å²) < 4.78 is 11.5. The maximum absolute atomic E-state index is 12.5. The number of benzene rings is 2. The molecule has 0 radical (unpaired) electrons. The van der Waals surface area contributed by atoms with E-state index in [-0.39, 0.29) is 5.91 Å². The summed E-state index contributed by atoms with van der Waals surface area (Å²) in [4.78, 5) is 13.0. The van der Waals surface area contributed by atoms with Crippen LogP contribution in [0.3, 0.4) is 0 Å². The van der Waals surface area contributed by atoms with Crippen LogP contribution in [0.2, 0.25) is 5.02 Å². The standard InChI is InChI=1S/C18H16ClNO3S/c1-22-12-7-8-14(23-2)11(9-12)10-20-18(21)17-16(19)13-5-3-4-6-15(13)24-17/h3-9H,10H2,1-2H3,(H,20,21). The number of rotatable bonds is 5. The fraction of sp³-hybridized carbons (Fsp3) is 0.167. The molecule has 0 fully saturated rings.